The van der Waals surface area contributed by atoms with Crippen molar-refractivity contribution in [3.63, 3.8) is 0 Å². The summed E-state index contributed by atoms with van der Waals surface area (Å²) in [5.41, 5.74) is 1.32. The Morgan fingerprint density at radius 1 is 1.14 bits per heavy atom. The first-order chi connectivity index (χ1) is 17.1. The third-order valence-corrected chi connectivity index (χ3v) is 8.28. The zero-order valence-corrected chi connectivity index (χ0v) is 20.9. The number of fused-ring (bicyclic) bond motifs is 2. The maximum atomic E-state index is 11.0. The zero-order valence-electron chi connectivity index (χ0n) is 19.3. The Balaban J connectivity index is 1.30. The highest BCUT2D eigenvalue weighted by Crippen LogP contribution is 2.40. The predicted molar refractivity (Wildman–Crippen MR) is 133 cm³/mol. The largest absolute Gasteiger partial charge is 0.496 e. The van der Waals surface area contributed by atoms with Crippen LogP contribution in [0, 0.1) is 0 Å². The normalized spacial score (nSPS) is 15.6. The monoisotopic (exact) mass is 512 g/mol. The molecule has 0 saturated heterocycles. The smallest absolute Gasteiger partial charge is 0.294 e. The molecule has 0 radical (unpaired) electrons. The van der Waals surface area contributed by atoms with Crippen LogP contribution in [0.3, 0.4) is 0 Å². The van der Waals surface area contributed by atoms with E-state index >= 15 is 0 Å². The summed E-state index contributed by atoms with van der Waals surface area (Å²) in [6.45, 7) is 0.273. The molecule has 0 atom stereocenters. The summed E-state index contributed by atoms with van der Waals surface area (Å²) in [5, 5.41) is 19.5. The first kappa shape index (κ1) is 22.3. The lowest BCUT2D eigenvalue weighted by Gasteiger charge is -2.29. The van der Waals surface area contributed by atoms with Crippen LogP contribution in [-0.2, 0) is 12.2 Å². The third-order valence-electron chi connectivity index (χ3n) is 6.31. The van der Waals surface area contributed by atoms with E-state index in [2.05, 4.69) is 10.1 Å². The molecule has 0 aliphatic heterocycles. The Morgan fingerprint density at radius 3 is 2.80 bits per heavy atom. The number of hydrogen-bond acceptors (Lipinski definition) is 10. The number of hydrogen-bond donors (Lipinski definition) is 1. The number of thiazole rings is 1. The van der Waals surface area contributed by atoms with Crippen molar-refractivity contribution >= 4 is 38.6 Å². The molecule has 182 valence electrons. The summed E-state index contributed by atoms with van der Waals surface area (Å²) >= 11 is 2.85. The van der Waals surface area contributed by atoms with Gasteiger partial charge in [-0.25, -0.2) is 9.97 Å². The second kappa shape index (κ2) is 8.81. The molecule has 1 aliphatic carbocycles. The second-order valence-electron chi connectivity index (χ2n) is 8.58. The quantitative estimate of drug-likeness (QED) is 0.309. The Kier molecular flexibility index (Phi) is 5.62. The van der Waals surface area contributed by atoms with E-state index in [0.717, 1.165) is 41.8 Å². The molecule has 5 aromatic rings. The molecule has 9 nitrogen and oxygen atoms in total. The Morgan fingerprint density at radius 2 is 2.00 bits per heavy atom. The molecule has 6 rings (SSSR count). The van der Waals surface area contributed by atoms with E-state index in [9.17, 15) is 5.11 Å². The standard InChI is InChI=1S/C24H24N4O5S2/c1-30-15-8-18(32-12-14-13-34-21(26-14)24(29)6-4-3-5-7-24)16-10-20(33-19(16)9-15)17-11-25-22-28(17)27-23(31-2)35-22/h8-11,13,29H,3-7,12H2,1-2H3. The average Bonchev–Trinajstić information content (AvgIpc) is 3.65. The maximum absolute atomic E-state index is 11.0. The van der Waals surface area contributed by atoms with Gasteiger partial charge in [0.15, 0.2) is 5.76 Å². The first-order valence-electron chi connectivity index (χ1n) is 11.4. The van der Waals surface area contributed by atoms with E-state index in [-0.39, 0.29) is 6.61 Å². The summed E-state index contributed by atoms with van der Waals surface area (Å²) in [5.74, 6) is 1.85. The van der Waals surface area contributed by atoms with E-state index in [1.54, 1.807) is 24.9 Å². The van der Waals surface area contributed by atoms with E-state index in [0.29, 0.717) is 38.7 Å². The van der Waals surface area contributed by atoms with Crippen molar-refractivity contribution in [2.75, 3.05) is 14.2 Å². The lowest BCUT2D eigenvalue weighted by Crippen LogP contribution is -2.28. The molecule has 1 aliphatic rings. The first-order valence-corrected chi connectivity index (χ1v) is 13.1. The van der Waals surface area contributed by atoms with E-state index in [1.165, 1.54) is 29.1 Å². The molecule has 1 saturated carbocycles. The average molecular weight is 513 g/mol. The molecular formula is C24H24N4O5S2. The van der Waals surface area contributed by atoms with Crippen LogP contribution in [0.25, 0.3) is 27.4 Å². The number of furan rings is 1. The minimum absolute atomic E-state index is 0.273. The molecular weight excluding hydrogens is 488 g/mol. The minimum Gasteiger partial charge on any atom is -0.496 e. The van der Waals surface area contributed by atoms with E-state index in [1.807, 2.05) is 23.6 Å². The lowest BCUT2D eigenvalue weighted by atomic mass is 9.85. The summed E-state index contributed by atoms with van der Waals surface area (Å²) in [6, 6.07) is 5.57. The molecule has 4 heterocycles. The second-order valence-corrected chi connectivity index (χ2v) is 10.4. The van der Waals surface area contributed by atoms with Crippen LogP contribution < -0.4 is 14.2 Å². The van der Waals surface area contributed by atoms with Gasteiger partial charge < -0.3 is 23.7 Å². The molecule has 35 heavy (non-hydrogen) atoms. The summed E-state index contributed by atoms with van der Waals surface area (Å²) in [7, 11) is 3.18. The van der Waals surface area contributed by atoms with Crippen molar-refractivity contribution in [3.8, 4) is 28.1 Å². The third kappa shape index (κ3) is 4.03. The van der Waals surface area contributed by atoms with Gasteiger partial charge >= 0.3 is 0 Å². The highest BCUT2D eigenvalue weighted by atomic mass is 32.1. The van der Waals surface area contributed by atoms with Gasteiger partial charge in [0.1, 0.15) is 40.0 Å². The maximum Gasteiger partial charge on any atom is 0.294 e. The number of aliphatic hydroxyl groups is 1. The number of benzene rings is 1. The van der Waals surface area contributed by atoms with Crippen molar-refractivity contribution in [1.29, 1.82) is 0 Å². The van der Waals surface area contributed by atoms with Gasteiger partial charge in [-0.2, -0.15) is 4.52 Å². The zero-order chi connectivity index (χ0) is 24.0. The fourth-order valence-electron chi connectivity index (χ4n) is 4.46. The van der Waals surface area contributed by atoms with Gasteiger partial charge in [0, 0.05) is 17.5 Å². The van der Waals surface area contributed by atoms with Crippen LogP contribution in [0.2, 0.25) is 0 Å². The van der Waals surface area contributed by atoms with Gasteiger partial charge in [0.25, 0.3) is 5.19 Å². The van der Waals surface area contributed by atoms with Gasteiger partial charge in [-0.1, -0.05) is 19.3 Å². The number of methoxy groups -OCH3 is 2. The Bertz CT molecular complexity index is 1490. The van der Waals surface area contributed by atoms with Crippen LogP contribution in [0.15, 0.2) is 34.2 Å². The summed E-state index contributed by atoms with van der Waals surface area (Å²) < 4.78 is 24.7. The van der Waals surface area contributed by atoms with Crippen molar-refractivity contribution in [3.05, 3.63) is 40.5 Å². The van der Waals surface area contributed by atoms with Crippen molar-refractivity contribution in [2.45, 2.75) is 44.3 Å². The topological polar surface area (TPSA) is 104 Å². The fourth-order valence-corrected chi connectivity index (χ4v) is 6.12. The minimum atomic E-state index is -0.807. The highest BCUT2D eigenvalue weighted by molar-refractivity contribution is 7.18. The number of imidazole rings is 1. The summed E-state index contributed by atoms with van der Waals surface area (Å²) in [4.78, 5) is 9.81. The van der Waals surface area contributed by atoms with Crippen LogP contribution >= 0.6 is 22.7 Å². The van der Waals surface area contributed by atoms with Gasteiger partial charge in [0.05, 0.1) is 31.5 Å². The van der Waals surface area contributed by atoms with Crippen LogP contribution in [-0.4, -0.2) is 38.9 Å². The molecule has 0 amide bonds. The molecule has 1 N–H and O–H groups in total. The predicted octanol–water partition coefficient (Wildman–Crippen LogP) is 5.41. The van der Waals surface area contributed by atoms with E-state index < -0.39 is 5.60 Å². The van der Waals surface area contributed by atoms with Crippen molar-refractivity contribution < 1.29 is 23.7 Å². The molecule has 0 unspecified atom stereocenters. The Labute approximate surface area is 208 Å². The van der Waals surface area contributed by atoms with Gasteiger partial charge in [-0.3, -0.25) is 0 Å². The van der Waals surface area contributed by atoms with Gasteiger partial charge in [-0.15, -0.1) is 16.4 Å². The highest BCUT2D eigenvalue weighted by Gasteiger charge is 2.34. The SMILES string of the molecule is COc1cc(OCc2csc(C3(O)CCCCC3)n2)c2cc(-c3cnc4sc(OC)nn34)oc2c1. The van der Waals surface area contributed by atoms with E-state index in [4.69, 9.17) is 23.6 Å². The molecule has 11 heteroatoms. The lowest BCUT2D eigenvalue weighted by molar-refractivity contribution is -0.00102. The molecule has 1 fully saturated rings. The van der Waals surface area contributed by atoms with Crippen molar-refractivity contribution in [2.24, 2.45) is 0 Å². The summed E-state index contributed by atoms with van der Waals surface area (Å²) in [6.07, 6.45) is 6.49. The molecule has 0 spiro atoms. The Hall–Kier alpha value is -3.15. The van der Waals surface area contributed by atoms with Gasteiger partial charge in [-0.05, 0) is 30.2 Å². The number of rotatable bonds is 7. The van der Waals surface area contributed by atoms with Gasteiger partial charge in [0.2, 0.25) is 4.96 Å². The van der Waals surface area contributed by atoms with Crippen molar-refractivity contribution in [1.82, 2.24) is 19.6 Å². The van der Waals surface area contributed by atoms with Crippen LogP contribution in [0.1, 0.15) is 42.8 Å². The number of aromatic nitrogens is 4. The fraction of sp³-hybridized carbons (Fsp3) is 0.375. The molecule has 4 aromatic heterocycles. The molecule has 1 aromatic carbocycles. The number of ether oxygens (including phenoxy) is 3. The number of nitrogens with zero attached hydrogens (tertiary/aromatic N) is 4. The molecule has 0 bridgehead atoms. The van der Waals surface area contributed by atoms with Crippen LogP contribution in [0.5, 0.6) is 16.7 Å². The van der Waals surface area contributed by atoms with Crippen LogP contribution in [0.4, 0.5) is 0 Å².